The Labute approximate surface area is 130 Å². The zero-order chi connectivity index (χ0) is 14.3. The average Bonchev–Trinajstić information content (AvgIpc) is 2.74. The molecule has 20 heavy (non-hydrogen) atoms. The third-order valence-corrected chi connectivity index (χ3v) is 3.88. The van der Waals surface area contributed by atoms with E-state index in [4.69, 9.17) is 40.2 Å². The molecule has 0 atom stereocenters. The van der Waals surface area contributed by atoms with Crippen molar-refractivity contribution in [3.8, 4) is 11.4 Å². The number of benzene rings is 2. The largest absolute Gasteiger partial charge is 0.497 e. The smallest absolute Gasteiger partial charge is 0.182 e. The predicted octanol–water partition coefficient (Wildman–Crippen LogP) is 5.00. The number of methoxy groups -OCH3 is 1. The van der Waals surface area contributed by atoms with Gasteiger partial charge in [-0.3, -0.25) is 4.57 Å². The fourth-order valence-corrected chi connectivity index (χ4v) is 2.79. The maximum atomic E-state index is 6.29. The van der Waals surface area contributed by atoms with Gasteiger partial charge in [-0.1, -0.05) is 23.2 Å². The summed E-state index contributed by atoms with van der Waals surface area (Å²) in [7, 11) is 1.61. The summed E-state index contributed by atoms with van der Waals surface area (Å²) in [5.41, 5.74) is 2.54. The monoisotopic (exact) mass is 324 g/mol. The summed E-state index contributed by atoms with van der Waals surface area (Å²) in [5, 5.41) is 1.25. The number of aromatic amines is 1. The Bertz CT molecular complexity index is 854. The van der Waals surface area contributed by atoms with Crippen molar-refractivity contribution >= 4 is 46.5 Å². The van der Waals surface area contributed by atoms with E-state index in [0.29, 0.717) is 14.8 Å². The van der Waals surface area contributed by atoms with Crippen LogP contribution < -0.4 is 4.74 Å². The molecule has 102 valence electrons. The molecular formula is C14H10Cl2N2OS. The van der Waals surface area contributed by atoms with Crippen LogP contribution in [0.4, 0.5) is 0 Å². The van der Waals surface area contributed by atoms with Gasteiger partial charge in [0.1, 0.15) is 5.75 Å². The Kier molecular flexibility index (Phi) is 3.46. The van der Waals surface area contributed by atoms with E-state index >= 15 is 0 Å². The summed E-state index contributed by atoms with van der Waals surface area (Å²) in [6.45, 7) is 0. The SMILES string of the molecule is COc1ccc(Cl)c(-n2c(=S)[nH]c3cc(Cl)ccc32)c1. The number of nitrogens with one attached hydrogen (secondary N) is 1. The number of hydrogen-bond donors (Lipinski definition) is 1. The summed E-state index contributed by atoms with van der Waals surface area (Å²) in [6, 6.07) is 11.0. The molecule has 0 saturated heterocycles. The molecule has 1 heterocycles. The Morgan fingerprint density at radius 2 is 1.95 bits per heavy atom. The van der Waals surface area contributed by atoms with Gasteiger partial charge in [0.2, 0.25) is 0 Å². The van der Waals surface area contributed by atoms with Crippen LogP contribution in [0.25, 0.3) is 16.7 Å². The highest BCUT2D eigenvalue weighted by Gasteiger charge is 2.11. The topological polar surface area (TPSA) is 29.9 Å². The second kappa shape index (κ2) is 5.13. The van der Waals surface area contributed by atoms with E-state index in [2.05, 4.69) is 4.98 Å². The number of ether oxygens (including phenoxy) is 1. The maximum Gasteiger partial charge on any atom is 0.182 e. The molecule has 0 bridgehead atoms. The van der Waals surface area contributed by atoms with Crippen LogP contribution >= 0.6 is 35.4 Å². The number of imidazole rings is 1. The molecule has 0 aliphatic rings. The van der Waals surface area contributed by atoms with Gasteiger partial charge in [-0.05, 0) is 42.5 Å². The molecule has 3 aromatic rings. The molecule has 0 aliphatic carbocycles. The number of nitrogens with zero attached hydrogens (tertiary/aromatic N) is 1. The molecule has 0 radical (unpaired) electrons. The minimum absolute atomic E-state index is 0.553. The second-order valence-electron chi connectivity index (χ2n) is 4.24. The van der Waals surface area contributed by atoms with Crippen molar-refractivity contribution in [2.24, 2.45) is 0 Å². The van der Waals surface area contributed by atoms with Gasteiger partial charge in [0.15, 0.2) is 4.77 Å². The summed E-state index contributed by atoms with van der Waals surface area (Å²) in [6.07, 6.45) is 0. The molecule has 1 aromatic heterocycles. The highest BCUT2D eigenvalue weighted by Crippen LogP contribution is 2.29. The third kappa shape index (κ3) is 2.20. The first kappa shape index (κ1) is 13.5. The number of fused-ring (bicyclic) bond motifs is 1. The van der Waals surface area contributed by atoms with Gasteiger partial charge in [-0.15, -0.1) is 0 Å². The average molecular weight is 325 g/mol. The Morgan fingerprint density at radius 3 is 2.70 bits per heavy atom. The Hall–Kier alpha value is -1.49. The molecule has 3 nitrogen and oxygen atoms in total. The molecule has 0 aliphatic heterocycles. The lowest BCUT2D eigenvalue weighted by atomic mass is 10.2. The van der Waals surface area contributed by atoms with Crippen LogP contribution in [0.15, 0.2) is 36.4 Å². The molecule has 2 aromatic carbocycles. The number of rotatable bonds is 2. The van der Waals surface area contributed by atoms with Crippen LogP contribution in [0.1, 0.15) is 0 Å². The summed E-state index contributed by atoms with van der Waals surface area (Å²) in [5.74, 6) is 0.717. The van der Waals surface area contributed by atoms with Crippen LogP contribution in [0, 0.1) is 4.77 Å². The lowest BCUT2D eigenvalue weighted by Gasteiger charge is -2.09. The van der Waals surface area contributed by atoms with E-state index in [1.165, 1.54) is 0 Å². The van der Waals surface area contributed by atoms with Crippen LogP contribution in [-0.4, -0.2) is 16.7 Å². The lowest BCUT2D eigenvalue weighted by Crippen LogP contribution is -1.96. The van der Waals surface area contributed by atoms with E-state index in [9.17, 15) is 0 Å². The van der Waals surface area contributed by atoms with E-state index < -0.39 is 0 Å². The predicted molar refractivity (Wildman–Crippen MR) is 85.0 cm³/mol. The maximum absolute atomic E-state index is 6.29. The van der Waals surface area contributed by atoms with Crippen molar-refractivity contribution in [1.82, 2.24) is 9.55 Å². The number of halogens is 2. The van der Waals surface area contributed by atoms with Gasteiger partial charge < -0.3 is 9.72 Å². The van der Waals surface area contributed by atoms with Crippen LogP contribution in [0.5, 0.6) is 5.75 Å². The van der Waals surface area contributed by atoms with Gasteiger partial charge in [0.25, 0.3) is 0 Å². The highest BCUT2D eigenvalue weighted by molar-refractivity contribution is 7.71. The Balaban J connectivity index is 2.34. The minimum Gasteiger partial charge on any atom is -0.497 e. The van der Waals surface area contributed by atoms with Gasteiger partial charge in [0.05, 0.1) is 28.9 Å². The van der Waals surface area contributed by atoms with Crippen molar-refractivity contribution in [2.75, 3.05) is 7.11 Å². The van der Waals surface area contributed by atoms with Crippen molar-refractivity contribution < 1.29 is 4.74 Å². The first-order valence-electron chi connectivity index (χ1n) is 5.84. The standard InChI is InChI=1S/C14H10Cl2N2OS/c1-19-9-3-4-10(16)13(7-9)18-12-5-2-8(15)6-11(12)17-14(18)20/h2-7H,1H3,(H,17,20). The van der Waals surface area contributed by atoms with Crippen molar-refractivity contribution in [3.63, 3.8) is 0 Å². The molecule has 0 fully saturated rings. The highest BCUT2D eigenvalue weighted by atomic mass is 35.5. The number of hydrogen-bond acceptors (Lipinski definition) is 2. The summed E-state index contributed by atoms with van der Waals surface area (Å²) >= 11 is 17.7. The molecular weight excluding hydrogens is 315 g/mol. The second-order valence-corrected chi connectivity index (χ2v) is 5.47. The molecule has 1 N–H and O–H groups in total. The minimum atomic E-state index is 0.553. The Morgan fingerprint density at radius 1 is 1.15 bits per heavy atom. The molecule has 3 rings (SSSR count). The van der Waals surface area contributed by atoms with E-state index in [0.717, 1.165) is 22.5 Å². The molecule has 0 amide bonds. The fraction of sp³-hybridized carbons (Fsp3) is 0.0714. The molecule has 6 heteroatoms. The summed E-state index contributed by atoms with van der Waals surface area (Å²) in [4.78, 5) is 3.12. The zero-order valence-corrected chi connectivity index (χ0v) is 12.8. The van der Waals surface area contributed by atoms with Crippen molar-refractivity contribution in [2.45, 2.75) is 0 Å². The molecule has 0 unspecified atom stereocenters. The van der Waals surface area contributed by atoms with Gasteiger partial charge >= 0.3 is 0 Å². The van der Waals surface area contributed by atoms with E-state index in [1.807, 2.05) is 28.8 Å². The number of H-pyrrole nitrogens is 1. The summed E-state index contributed by atoms with van der Waals surface area (Å²) < 4.78 is 7.66. The van der Waals surface area contributed by atoms with Crippen LogP contribution in [0.3, 0.4) is 0 Å². The van der Waals surface area contributed by atoms with E-state index in [1.54, 1.807) is 19.2 Å². The normalized spacial score (nSPS) is 10.9. The van der Waals surface area contributed by atoms with Crippen LogP contribution in [0.2, 0.25) is 10.0 Å². The lowest BCUT2D eigenvalue weighted by molar-refractivity contribution is 0.414. The molecule has 0 saturated carbocycles. The van der Waals surface area contributed by atoms with Crippen molar-refractivity contribution in [3.05, 3.63) is 51.2 Å². The van der Waals surface area contributed by atoms with E-state index in [-0.39, 0.29) is 0 Å². The fourth-order valence-electron chi connectivity index (χ4n) is 2.11. The quantitative estimate of drug-likeness (QED) is 0.672. The first-order valence-corrected chi connectivity index (χ1v) is 7.01. The zero-order valence-electron chi connectivity index (χ0n) is 10.5. The van der Waals surface area contributed by atoms with Gasteiger partial charge in [-0.25, -0.2) is 0 Å². The molecule has 0 spiro atoms. The van der Waals surface area contributed by atoms with Crippen molar-refractivity contribution in [1.29, 1.82) is 0 Å². The first-order chi connectivity index (χ1) is 9.60. The third-order valence-electron chi connectivity index (χ3n) is 3.04. The number of aromatic nitrogens is 2. The van der Waals surface area contributed by atoms with Crippen LogP contribution in [-0.2, 0) is 0 Å². The van der Waals surface area contributed by atoms with Gasteiger partial charge in [0, 0.05) is 11.1 Å². The van der Waals surface area contributed by atoms with Gasteiger partial charge in [-0.2, -0.15) is 0 Å².